The largest absolute Gasteiger partial charge is 0.497 e. The van der Waals surface area contributed by atoms with Crippen LogP contribution in [0.4, 0.5) is 0 Å². The average Bonchev–Trinajstić information content (AvgIpc) is 2.48. The van der Waals surface area contributed by atoms with Gasteiger partial charge in [-0.15, -0.1) is 0 Å². The molecule has 0 saturated heterocycles. The molecular formula is C15H22O4. The van der Waals surface area contributed by atoms with Crippen molar-refractivity contribution < 1.29 is 19.0 Å². The van der Waals surface area contributed by atoms with Crippen molar-refractivity contribution in [1.29, 1.82) is 0 Å². The van der Waals surface area contributed by atoms with E-state index in [1.807, 2.05) is 13.8 Å². The Morgan fingerprint density at radius 1 is 1.11 bits per heavy atom. The van der Waals surface area contributed by atoms with Crippen LogP contribution < -0.4 is 9.47 Å². The van der Waals surface area contributed by atoms with E-state index in [9.17, 15) is 4.79 Å². The fourth-order valence-corrected chi connectivity index (χ4v) is 2.18. The summed E-state index contributed by atoms with van der Waals surface area (Å²) in [5, 5.41) is 0. The van der Waals surface area contributed by atoms with Crippen molar-refractivity contribution in [2.75, 3.05) is 21.3 Å². The quantitative estimate of drug-likeness (QED) is 0.711. The van der Waals surface area contributed by atoms with Crippen LogP contribution in [-0.2, 0) is 4.74 Å². The van der Waals surface area contributed by atoms with Gasteiger partial charge in [0.15, 0.2) is 5.78 Å². The number of carbonyl (C=O) groups is 1. The van der Waals surface area contributed by atoms with E-state index >= 15 is 0 Å². The van der Waals surface area contributed by atoms with Crippen LogP contribution in [0.3, 0.4) is 0 Å². The van der Waals surface area contributed by atoms with Crippen molar-refractivity contribution in [1.82, 2.24) is 0 Å². The fraction of sp³-hybridized carbons (Fsp3) is 0.533. The first-order valence-electron chi connectivity index (χ1n) is 6.40. The van der Waals surface area contributed by atoms with Crippen LogP contribution in [0.2, 0.25) is 0 Å². The Labute approximate surface area is 114 Å². The van der Waals surface area contributed by atoms with Gasteiger partial charge in [0, 0.05) is 13.2 Å². The third-order valence-corrected chi connectivity index (χ3v) is 3.60. The molecule has 1 rings (SSSR count). The SMILES string of the molecule is CCC(CC)(OC)C(=O)c1ccc(OC)cc1OC. The van der Waals surface area contributed by atoms with E-state index in [4.69, 9.17) is 14.2 Å². The second-order valence-electron chi connectivity index (χ2n) is 4.30. The van der Waals surface area contributed by atoms with E-state index in [1.54, 1.807) is 32.4 Å². The predicted octanol–water partition coefficient (Wildman–Crippen LogP) is 3.09. The molecule has 0 bridgehead atoms. The second kappa shape index (κ2) is 6.57. The Morgan fingerprint density at radius 3 is 2.16 bits per heavy atom. The minimum absolute atomic E-state index is 0.0560. The number of carbonyl (C=O) groups excluding carboxylic acids is 1. The van der Waals surface area contributed by atoms with Gasteiger partial charge < -0.3 is 14.2 Å². The number of methoxy groups -OCH3 is 3. The molecular weight excluding hydrogens is 244 g/mol. The first kappa shape index (κ1) is 15.5. The summed E-state index contributed by atoms with van der Waals surface area (Å²) in [5.41, 5.74) is -0.268. The standard InChI is InChI=1S/C15H22O4/c1-6-15(7-2,19-5)14(16)12-9-8-11(17-3)10-13(12)18-4/h8-10H,6-7H2,1-5H3. The van der Waals surface area contributed by atoms with Crippen LogP contribution in [0, 0.1) is 0 Å². The lowest BCUT2D eigenvalue weighted by molar-refractivity contribution is -0.00281. The van der Waals surface area contributed by atoms with Crippen molar-refractivity contribution >= 4 is 5.78 Å². The summed E-state index contributed by atoms with van der Waals surface area (Å²) < 4.78 is 15.9. The lowest BCUT2D eigenvalue weighted by atomic mass is 9.87. The van der Waals surface area contributed by atoms with Crippen LogP contribution in [-0.4, -0.2) is 32.7 Å². The van der Waals surface area contributed by atoms with E-state index in [-0.39, 0.29) is 5.78 Å². The normalized spacial score (nSPS) is 11.2. The van der Waals surface area contributed by atoms with Gasteiger partial charge in [-0.2, -0.15) is 0 Å². The van der Waals surface area contributed by atoms with Crippen molar-refractivity contribution in [2.45, 2.75) is 32.3 Å². The Morgan fingerprint density at radius 2 is 1.74 bits per heavy atom. The molecule has 0 saturated carbocycles. The van der Waals surface area contributed by atoms with Crippen molar-refractivity contribution in [3.63, 3.8) is 0 Å². The van der Waals surface area contributed by atoms with Gasteiger partial charge in [0.05, 0.1) is 19.8 Å². The Balaban J connectivity index is 3.25. The fourth-order valence-electron chi connectivity index (χ4n) is 2.18. The third kappa shape index (κ3) is 2.89. The zero-order valence-corrected chi connectivity index (χ0v) is 12.3. The Hall–Kier alpha value is -1.55. The molecule has 0 amide bonds. The first-order chi connectivity index (χ1) is 9.08. The van der Waals surface area contributed by atoms with Crippen LogP contribution in [0.25, 0.3) is 0 Å². The van der Waals surface area contributed by atoms with Crippen LogP contribution in [0.15, 0.2) is 18.2 Å². The number of benzene rings is 1. The van der Waals surface area contributed by atoms with E-state index < -0.39 is 5.60 Å². The highest BCUT2D eigenvalue weighted by Crippen LogP contribution is 2.31. The molecule has 0 atom stereocenters. The van der Waals surface area contributed by atoms with Gasteiger partial charge in [-0.05, 0) is 25.0 Å². The zero-order chi connectivity index (χ0) is 14.5. The topological polar surface area (TPSA) is 44.8 Å². The maximum Gasteiger partial charge on any atom is 0.198 e. The highest BCUT2D eigenvalue weighted by atomic mass is 16.5. The van der Waals surface area contributed by atoms with Crippen LogP contribution in [0.5, 0.6) is 11.5 Å². The van der Waals surface area contributed by atoms with Gasteiger partial charge in [-0.1, -0.05) is 13.8 Å². The summed E-state index contributed by atoms with van der Waals surface area (Å²) in [4.78, 5) is 12.7. The molecule has 0 radical (unpaired) electrons. The monoisotopic (exact) mass is 266 g/mol. The molecule has 106 valence electrons. The zero-order valence-electron chi connectivity index (χ0n) is 12.3. The molecule has 0 aliphatic heterocycles. The summed E-state index contributed by atoms with van der Waals surface area (Å²) in [6.45, 7) is 3.89. The average molecular weight is 266 g/mol. The number of ether oxygens (including phenoxy) is 3. The highest BCUT2D eigenvalue weighted by molar-refractivity contribution is 6.04. The van der Waals surface area contributed by atoms with E-state index in [0.29, 0.717) is 29.9 Å². The molecule has 0 unspecified atom stereocenters. The molecule has 1 aromatic carbocycles. The summed E-state index contributed by atoms with van der Waals surface area (Å²) in [6, 6.07) is 5.18. The van der Waals surface area contributed by atoms with E-state index in [2.05, 4.69) is 0 Å². The molecule has 0 spiro atoms. The number of hydrogen-bond acceptors (Lipinski definition) is 4. The predicted molar refractivity (Wildman–Crippen MR) is 74.2 cm³/mol. The molecule has 0 aromatic heterocycles. The number of ketones is 1. The second-order valence-corrected chi connectivity index (χ2v) is 4.30. The van der Waals surface area contributed by atoms with Gasteiger partial charge >= 0.3 is 0 Å². The smallest absolute Gasteiger partial charge is 0.198 e. The third-order valence-electron chi connectivity index (χ3n) is 3.60. The van der Waals surface area contributed by atoms with Gasteiger partial charge in [-0.3, -0.25) is 4.79 Å². The lowest BCUT2D eigenvalue weighted by Gasteiger charge is -2.29. The molecule has 0 aliphatic carbocycles. The molecule has 4 nitrogen and oxygen atoms in total. The lowest BCUT2D eigenvalue weighted by Crippen LogP contribution is -2.39. The van der Waals surface area contributed by atoms with Crippen LogP contribution >= 0.6 is 0 Å². The molecule has 0 N–H and O–H groups in total. The Bertz CT molecular complexity index is 428. The minimum atomic E-state index is -0.790. The van der Waals surface area contributed by atoms with Gasteiger partial charge in [0.1, 0.15) is 17.1 Å². The van der Waals surface area contributed by atoms with Gasteiger partial charge in [-0.25, -0.2) is 0 Å². The summed E-state index contributed by atoms with van der Waals surface area (Å²) in [6.07, 6.45) is 1.24. The molecule has 0 aliphatic rings. The summed E-state index contributed by atoms with van der Waals surface area (Å²) >= 11 is 0. The summed E-state index contributed by atoms with van der Waals surface area (Å²) in [7, 11) is 4.69. The van der Waals surface area contributed by atoms with Gasteiger partial charge in [0.2, 0.25) is 0 Å². The first-order valence-corrected chi connectivity index (χ1v) is 6.40. The van der Waals surface area contributed by atoms with Crippen LogP contribution in [0.1, 0.15) is 37.0 Å². The van der Waals surface area contributed by atoms with Crippen molar-refractivity contribution in [2.24, 2.45) is 0 Å². The number of Topliss-reactive ketones (excluding diaryl/α,β-unsaturated/α-hetero) is 1. The van der Waals surface area contributed by atoms with Crippen molar-refractivity contribution in [3.8, 4) is 11.5 Å². The molecule has 1 aromatic rings. The van der Waals surface area contributed by atoms with E-state index in [1.165, 1.54) is 7.11 Å². The van der Waals surface area contributed by atoms with Gasteiger partial charge in [0.25, 0.3) is 0 Å². The summed E-state index contributed by atoms with van der Waals surface area (Å²) in [5.74, 6) is 1.11. The van der Waals surface area contributed by atoms with E-state index in [0.717, 1.165) is 0 Å². The Kier molecular flexibility index (Phi) is 5.36. The molecule has 0 fully saturated rings. The van der Waals surface area contributed by atoms with Crippen molar-refractivity contribution in [3.05, 3.63) is 23.8 Å². The maximum atomic E-state index is 12.7. The number of hydrogen-bond donors (Lipinski definition) is 0. The molecule has 0 heterocycles. The number of rotatable bonds is 7. The maximum absolute atomic E-state index is 12.7. The minimum Gasteiger partial charge on any atom is -0.497 e. The highest BCUT2D eigenvalue weighted by Gasteiger charge is 2.36. The molecule has 19 heavy (non-hydrogen) atoms. The molecule has 4 heteroatoms.